The second-order valence-corrected chi connectivity index (χ2v) is 5.71. The van der Waals surface area contributed by atoms with E-state index in [0.29, 0.717) is 17.4 Å². The second kappa shape index (κ2) is 11.9. The fourth-order valence-corrected chi connectivity index (χ4v) is 1.75. The number of carbonyl (C=O) groups is 2. The fourth-order valence-electron chi connectivity index (χ4n) is 1.49. The molecule has 2 aromatic carbocycles. The van der Waals surface area contributed by atoms with Gasteiger partial charge >= 0.3 is 0 Å². The van der Waals surface area contributed by atoms with Crippen LogP contribution in [-0.2, 0) is 20.9 Å². The molecule has 0 atom stereocenters. The van der Waals surface area contributed by atoms with E-state index < -0.39 is 10.5 Å². The summed E-state index contributed by atoms with van der Waals surface area (Å²) >= 11 is 15.8. The van der Waals surface area contributed by atoms with Gasteiger partial charge in [-0.2, -0.15) is 0 Å². The molecule has 2 aromatic rings. The zero-order chi connectivity index (χ0) is 17.8. The van der Waals surface area contributed by atoms with Crippen molar-refractivity contribution in [3.8, 4) is 5.75 Å². The Morgan fingerprint density at radius 1 is 0.833 bits per heavy atom. The van der Waals surface area contributed by atoms with Crippen LogP contribution < -0.4 is 4.74 Å². The molecule has 0 fully saturated rings. The smallest absolute Gasteiger partial charge is 0.259 e. The summed E-state index contributed by atoms with van der Waals surface area (Å²) in [5, 5.41) is -0.365. The van der Waals surface area contributed by atoms with Crippen LogP contribution >= 0.6 is 34.8 Å². The number of rotatable bonds is 7. The van der Waals surface area contributed by atoms with Gasteiger partial charge in [0.15, 0.2) is 6.61 Å². The van der Waals surface area contributed by atoms with E-state index in [9.17, 15) is 9.59 Å². The predicted octanol–water partition coefficient (Wildman–Crippen LogP) is 4.45. The van der Waals surface area contributed by atoms with Crippen molar-refractivity contribution in [3.63, 3.8) is 0 Å². The first-order chi connectivity index (χ1) is 11.5. The maximum atomic E-state index is 10.3. The summed E-state index contributed by atoms with van der Waals surface area (Å²) in [4.78, 5) is 20.6. The lowest BCUT2D eigenvalue weighted by atomic mass is 10.2. The van der Waals surface area contributed by atoms with Gasteiger partial charge in [-0.05, 0) is 53.0 Å². The molecule has 0 aliphatic heterocycles. The Morgan fingerprint density at radius 3 is 1.96 bits per heavy atom. The summed E-state index contributed by atoms with van der Waals surface area (Å²) in [6.45, 7) is 0.277. The van der Waals surface area contributed by atoms with Crippen LogP contribution in [0.25, 0.3) is 0 Å². The van der Waals surface area contributed by atoms with Crippen molar-refractivity contribution in [3.05, 3.63) is 65.2 Å². The molecule has 0 radical (unpaired) electrons. The molecular formula is C17H15Cl3O4. The van der Waals surface area contributed by atoms with Gasteiger partial charge in [0.2, 0.25) is 5.24 Å². The average molecular weight is 390 g/mol. The normalized spacial score (nSPS) is 9.62. The molecule has 0 spiro atoms. The summed E-state index contributed by atoms with van der Waals surface area (Å²) in [7, 11) is 0. The van der Waals surface area contributed by atoms with Gasteiger partial charge in [-0.3, -0.25) is 9.59 Å². The third-order valence-electron chi connectivity index (χ3n) is 2.49. The largest absolute Gasteiger partial charge is 0.484 e. The highest BCUT2D eigenvalue weighted by molar-refractivity contribution is 6.64. The molecule has 0 amide bonds. The maximum absolute atomic E-state index is 10.3. The molecule has 0 unspecified atom stereocenters. The molecule has 7 heteroatoms. The Balaban J connectivity index is 0.000000240. The summed E-state index contributed by atoms with van der Waals surface area (Å²) < 4.78 is 9.98. The van der Waals surface area contributed by atoms with Gasteiger partial charge in [0.05, 0.1) is 6.61 Å². The van der Waals surface area contributed by atoms with E-state index in [2.05, 4.69) is 0 Å². The van der Waals surface area contributed by atoms with Gasteiger partial charge in [-0.1, -0.05) is 41.9 Å². The molecule has 128 valence electrons. The third kappa shape index (κ3) is 10.2. The number of carbonyl (C=O) groups excluding carboxylic acids is 2. The van der Waals surface area contributed by atoms with Gasteiger partial charge in [0, 0.05) is 5.02 Å². The standard InChI is InChI=1S/C9H9ClO2.C8H6Cl2O2/c10-9(11)7-12-6-8-4-2-1-3-5-8;9-6-1-3-7(4-2-6)12-5-8(10)11/h1-5H,6-7H2;1-4H,5H2. The Labute approximate surface area is 155 Å². The predicted molar refractivity (Wildman–Crippen MR) is 94.8 cm³/mol. The van der Waals surface area contributed by atoms with Crippen molar-refractivity contribution in [1.29, 1.82) is 0 Å². The number of hydrogen-bond acceptors (Lipinski definition) is 4. The highest BCUT2D eigenvalue weighted by atomic mass is 35.5. The molecule has 0 saturated carbocycles. The summed E-state index contributed by atoms with van der Waals surface area (Å²) in [5.74, 6) is 0.577. The molecule has 0 N–H and O–H groups in total. The molecular weight excluding hydrogens is 375 g/mol. The third-order valence-corrected chi connectivity index (χ3v) is 2.96. The molecule has 0 bridgehead atoms. The monoisotopic (exact) mass is 388 g/mol. The van der Waals surface area contributed by atoms with Crippen molar-refractivity contribution in [2.75, 3.05) is 13.2 Å². The van der Waals surface area contributed by atoms with Gasteiger partial charge < -0.3 is 9.47 Å². The summed E-state index contributed by atoms with van der Waals surface area (Å²) in [6.07, 6.45) is 0. The molecule has 0 heterocycles. The number of halogens is 3. The van der Waals surface area contributed by atoms with Crippen LogP contribution in [0.15, 0.2) is 54.6 Å². The van der Waals surface area contributed by atoms with Crippen LogP contribution in [0.4, 0.5) is 0 Å². The number of hydrogen-bond donors (Lipinski definition) is 0. The Morgan fingerprint density at radius 2 is 1.42 bits per heavy atom. The number of benzene rings is 2. The fraction of sp³-hybridized carbons (Fsp3) is 0.176. The Hall–Kier alpha value is -1.59. The number of ether oxygens (including phenoxy) is 2. The Bertz CT molecular complexity index is 630. The molecule has 0 aromatic heterocycles. The van der Waals surface area contributed by atoms with Gasteiger partial charge in [0.25, 0.3) is 5.24 Å². The minimum Gasteiger partial charge on any atom is -0.484 e. The lowest BCUT2D eigenvalue weighted by molar-refractivity contribution is -0.116. The van der Waals surface area contributed by atoms with Crippen molar-refractivity contribution in [1.82, 2.24) is 0 Å². The van der Waals surface area contributed by atoms with Crippen molar-refractivity contribution in [2.24, 2.45) is 0 Å². The van der Waals surface area contributed by atoms with Gasteiger partial charge in [0.1, 0.15) is 12.4 Å². The summed E-state index contributed by atoms with van der Waals surface area (Å²) in [5.41, 5.74) is 1.04. The zero-order valence-corrected chi connectivity index (χ0v) is 14.9. The lowest BCUT2D eigenvalue weighted by Crippen LogP contribution is -2.03. The van der Waals surface area contributed by atoms with Gasteiger partial charge in [-0.15, -0.1) is 0 Å². The zero-order valence-electron chi connectivity index (χ0n) is 12.6. The maximum Gasteiger partial charge on any atom is 0.259 e. The highest BCUT2D eigenvalue weighted by Gasteiger charge is 1.97. The first-order valence-corrected chi connectivity index (χ1v) is 7.97. The minimum atomic E-state index is -0.523. The summed E-state index contributed by atoms with van der Waals surface area (Å²) in [6, 6.07) is 16.3. The molecule has 0 aliphatic carbocycles. The molecule has 0 saturated heterocycles. The van der Waals surface area contributed by atoms with Crippen molar-refractivity contribution in [2.45, 2.75) is 6.61 Å². The van der Waals surface area contributed by atoms with Crippen LogP contribution in [0.1, 0.15) is 5.56 Å². The van der Waals surface area contributed by atoms with Crippen molar-refractivity contribution < 1.29 is 19.1 Å². The van der Waals surface area contributed by atoms with Crippen LogP contribution in [0.5, 0.6) is 5.75 Å². The molecule has 0 aliphatic rings. The highest BCUT2D eigenvalue weighted by Crippen LogP contribution is 2.15. The first-order valence-electron chi connectivity index (χ1n) is 6.84. The van der Waals surface area contributed by atoms with Crippen LogP contribution in [0.2, 0.25) is 5.02 Å². The minimum absolute atomic E-state index is 0.0313. The van der Waals surface area contributed by atoms with Crippen LogP contribution in [0.3, 0.4) is 0 Å². The topological polar surface area (TPSA) is 52.6 Å². The SMILES string of the molecule is O=C(Cl)COCc1ccccc1.O=C(Cl)COc1ccc(Cl)cc1. The van der Waals surface area contributed by atoms with E-state index in [4.69, 9.17) is 44.3 Å². The van der Waals surface area contributed by atoms with E-state index >= 15 is 0 Å². The lowest BCUT2D eigenvalue weighted by Gasteiger charge is -2.01. The first kappa shape index (κ1) is 20.5. The quantitative estimate of drug-likeness (QED) is 0.656. The van der Waals surface area contributed by atoms with Crippen LogP contribution in [-0.4, -0.2) is 23.7 Å². The second-order valence-electron chi connectivity index (χ2n) is 4.43. The van der Waals surface area contributed by atoms with Gasteiger partial charge in [-0.25, -0.2) is 0 Å². The van der Waals surface area contributed by atoms with E-state index in [0.717, 1.165) is 5.56 Å². The van der Waals surface area contributed by atoms with E-state index in [1.807, 2.05) is 30.3 Å². The van der Waals surface area contributed by atoms with E-state index in [1.54, 1.807) is 24.3 Å². The van der Waals surface area contributed by atoms with E-state index in [-0.39, 0.29) is 13.2 Å². The Kier molecular flexibility index (Phi) is 10.1. The molecule has 4 nitrogen and oxygen atoms in total. The van der Waals surface area contributed by atoms with Crippen molar-refractivity contribution >= 4 is 45.3 Å². The molecule has 24 heavy (non-hydrogen) atoms. The average Bonchev–Trinajstić information content (AvgIpc) is 2.55. The molecule has 2 rings (SSSR count). The van der Waals surface area contributed by atoms with Crippen LogP contribution in [0, 0.1) is 0 Å². The van der Waals surface area contributed by atoms with E-state index in [1.165, 1.54) is 0 Å².